The molecule has 16 nitrogen and oxygen atoms in total. The number of hydrogen-bond acceptors (Lipinski definition) is 11. The Hall–Kier alpha value is -1.43. The van der Waals surface area contributed by atoms with Crippen LogP contribution in [0.5, 0.6) is 0 Å². The highest BCUT2D eigenvalue weighted by atomic mass is 33.2. The van der Waals surface area contributed by atoms with Gasteiger partial charge in [0, 0.05) is 12.1 Å². The molecular weight excluding hydrogens is 484 g/mol. The highest BCUT2D eigenvalue weighted by Crippen LogP contribution is 2.40. The third-order valence-electron chi connectivity index (χ3n) is 2.76. The van der Waals surface area contributed by atoms with E-state index in [1.54, 1.807) is 0 Å². The highest BCUT2D eigenvalue weighted by Gasteiger charge is 2.71. The first kappa shape index (κ1) is 23.6. The van der Waals surface area contributed by atoms with E-state index in [4.69, 9.17) is 14.8 Å². The molecule has 0 fully saturated rings. The van der Waals surface area contributed by atoms with Gasteiger partial charge in [0.1, 0.15) is 4.90 Å². The van der Waals surface area contributed by atoms with E-state index >= 15 is 0 Å². The number of nitrogen functional groups attached to an aromatic ring is 1. The van der Waals surface area contributed by atoms with Crippen LogP contribution in [0.1, 0.15) is 0 Å². The summed E-state index contributed by atoms with van der Waals surface area (Å²) in [5.74, 6) is 0. The Balaban J connectivity index is 4.51. The van der Waals surface area contributed by atoms with Crippen molar-refractivity contribution < 1.29 is 60.3 Å². The molecule has 1 rings (SSSR count). The van der Waals surface area contributed by atoms with E-state index in [1.807, 2.05) is 0 Å². The Morgan fingerprint density at radius 2 is 1.15 bits per heavy atom. The number of quaternary nitrogens is 1. The molecule has 0 spiro atoms. The molecule has 1 aromatic rings. The van der Waals surface area contributed by atoms with Gasteiger partial charge in [-0.3, -0.25) is 9.11 Å². The van der Waals surface area contributed by atoms with E-state index in [0.717, 1.165) is 0 Å². The van der Waals surface area contributed by atoms with E-state index in [0.29, 0.717) is 6.07 Å². The number of rotatable bonds is 6. The van der Waals surface area contributed by atoms with Crippen molar-refractivity contribution in [3.8, 4) is 0 Å². The van der Waals surface area contributed by atoms with Crippen LogP contribution in [0.2, 0.25) is 0 Å². The summed E-state index contributed by atoms with van der Waals surface area (Å²) in [6, 6.07) is 0.0739. The molecule has 1 aromatic carbocycles. The van der Waals surface area contributed by atoms with E-state index in [2.05, 4.69) is 0 Å². The standard InChI is InChI=1S/C6H8N2O14S5/c7-5-2-1-4(3-6(5)23(9,10)11)8(24(12,13)14,25(15,16)17)26(18,19)27(20,21)22/h1-3H,7H2,(H3-,9,10,11,12,13,14,15,16,17,20,21,22)/p+1. The molecule has 0 saturated heterocycles. The van der Waals surface area contributed by atoms with Crippen molar-refractivity contribution in [1.82, 2.24) is 2.70 Å². The fourth-order valence-electron chi connectivity index (χ4n) is 1.79. The maximum Gasteiger partial charge on any atom is 0.471 e. The molecule has 0 amide bonds. The predicted octanol–water partition coefficient (Wildman–Crippen LogP) is -2.44. The molecule has 0 unspecified atom stereocenters. The molecule has 156 valence electrons. The normalized spacial score (nSPS) is 14.8. The maximum absolute atomic E-state index is 12.0. The van der Waals surface area contributed by atoms with Gasteiger partial charge in [0.25, 0.3) is 10.1 Å². The summed E-state index contributed by atoms with van der Waals surface area (Å²) >= 11 is 0. The number of hydrogen-bond donors (Lipinski definition) is 5. The van der Waals surface area contributed by atoms with Gasteiger partial charge in [-0.05, 0) is 6.07 Å². The van der Waals surface area contributed by atoms with E-state index < -0.39 is 67.9 Å². The monoisotopic (exact) mass is 493 g/mol. The fraction of sp³-hybridized carbons (Fsp3) is 0. The summed E-state index contributed by atoms with van der Waals surface area (Å²) in [5, 5.41) is 0. The molecule has 0 aliphatic rings. The Bertz CT molecular complexity index is 1290. The van der Waals surface area contributed by atoms with Gasteiger partial charge in [-0.2, -0.15) is 25.3 Å². The van der Waals surface area contributed by atoms with Gasteiger partial charge < -0.3 is 5.73 Å². The second-order valence-electron chi connectivity index (χ2n) is 4.45. The molecule has 0 atom stereocenters. The van der Waals surface area contributed by atoms with Crippen molar-refractivity contribution in [2.45, 2.75) is 4.90 Å². The average Bonchev–Trinajstić information content (AvgIpc) is 2.34. The molecule has 0 aromatic heterocycles. The van der Waals surface area contributed by atoms with E-state index in [-0.39, 0.29) is 12.1 Å². The maximum atomic E-state index is 12.0. The van der Waals surface area contributed by atoms with Crippen molar-refractivity contribution in [3.05, 3.63) is 18.2 Å². The van der Waals surface area contributed by atoms with Gasteiger partial charge in [0.15, 0.2) is 5.69 Å². The number of benzene rings is 1. The Kier molecular flexibility index (Phi) is 5.50. The Morgan fingerprint density at radius 1 is 0.741 bits per heavy atom. The lowest BCUT2D eigenvalue weighted by Crippen LogP contribution is -2.63. The molecule has 0 heterocycles. The minimum atomic E-state index is -7.07. The van der Waals surface area contributed by atoms with Crippen molar-refractivity contribution in [2.75, 3.05) is 5.73 Å². The lowest BCUT2D eigenvalue weighted by molar-refractivity contribution is 0.417. The van der Waals surface area contributed by atoms with Gasteiger partial charge in [0.05, 0.1) is 8.39 Å². The van der Waals surface area contributed by atoms with Crippen LogP contribution in [-0.2, 0) is 48.9 Å². The molecule has 0 radical (unpaired) electrons. The predicted molar refractivity (Wildman–Crippen MR) is 86.0 cm³/mol. The summed E-state index contributed by atoms with van der Waals surface area (Å²) in [7, 11) is -32.8. The summed E-state index contributed by atoms with van der Waals surface area (Å²) in [6.45, 7) is 0. The first-order valence-electron chi connectivity index (χ1n) is 5.57. The fourth-order valence-corrected chi connectivity index (χ4v) is 10.4. The Morgan fingerprint density at radius 3 is 1.44 bits per heavy atom. The second-order valence-corrected chi connectivity index (χ2v) is 14.2. The van der Waals surface area contributed by atoms with Crippen LogP contribution in [0.25, 0.3) is 0 Å². The van der Waals surface area contributed by atoms with Crippen molar-refractivity contribution in [2.24, 2.45) is 0 Å². The Labute approximate surface area is 152 Å². The van der Waals surface area contributed by atoms with Crippen LogP contribution in [-0.4, -0.2) is 60.3 Å². The topological polar surface area (TPSA) is 278 Å². The zero-order valence-electron chi connectivity index (χ0n) is 12.2. The number of nitrogens with two attached hydrogens (primary N) is 1. The molecule has 0 aliphatic heterocycles. The molecule has 21 heteroatoms. The van der Waals surface area contributed by atoms with Crippen molar-refractivity contribution in [3.63, 3.8) is 0 Å². The molecule has 0 aliphatic carbocycles. The highest BCUT2D eigenvalue weighted by molar-refractivity contribution is 8.67. The minimum Gasteiger partial charge on any atom is -0.398 e. The molecule has 0 saturated carbocycles. The lowest BCUT2D eigenvalue weighted by Gasteiger charge is -2.25. The van der Waals surface area contributed by atoms with Gasteiger partial charge >= 0.3 is 38.8 Å². The van der Waals surface area contributed by atoms with E-state index in [1.165, 1.54) is 0 Å². The zero-order chi connectivity index (χ0) is 21.9. The summed E-state index contributed by atoms with van der Waals surface area (Å²) in [5.41, 5.74) is 2.25. The smallest absolute Gasteiger partial charge is 0.398 e. The summed E-state index contributed by atoms with van der Waals surface area (Å²) in [6.07, 6.45) is 0. The van der Waals surface area contributed by atoms with Gasteiger partial charge in [-0.25, -0.2) is 9.11 Å². The van der Waals surface area contributed by atoms with Gasteiger partial charge in [-0.15, -0.1) is 16.8 Å². The van der Waals surface area contributed by atoms with Gasteiger partial charge in [0.2, 0.25) is 0 Å². The second kappa shape index (κ2) is 6.29. The average molecular weight is 493 g/mol. The third-order valence-corrected chi connectivity index (χ3v) is 12.9. The first-order chi connectivity index (χ1) is 11.6. The molecule has 27 heavy (non-hydrogen) atoms. The van der Waals surface area contributed by atoms with Crippen LogP contribution in [0.4, 0.5) is 11.4 Å². The molecule has 0 bridgehead atoms. The number of nitrogens with zero attached hydrogens (tertiary/aromatic N) is 1. The van der Waals surface area contributed by atoms with Crippen LogP contribution >= 0.6 is 0 Å². The quantitative estimate of drug-likeness (QED) is 0.119. The zero-order valence-corrected chi connectivity index (χ0v) is 16.3. The third kappa shape index (κ3) is 3.53. The number of anilines is 1. The van der Waals surface area contributed by atoms with Gasteiger partial charge in [-0.1, -0.05) is 0 Å². The van der Waals surface area contributed by atoms with Crippen LogP contribution < -0.4 is 8.43 Å². The van der Waals surface area contributed by atoms with Crippen molar-refractivity contribution >= 4 is 60.3 Å². The largest absolute Gasteiger partial charge is 0.471 e. The molecule has 6 N–H and O–H groups in total. The van der Waals surface area contributed by atoms with Crippen LogP contribution in [0.15, 0.2) is 23.1 Å². The minimum absolute atomic E-state index is 0.0638. The molecular formula is C6H9N2O14S5+. The van der Waals surface area contributed by atoms with Crippen molar-refractivity contribution in [1.29, 1.82) is 0 Å². The summed E-state index contributed by atoms with van der Waals surface area (Å²) in [4.78, 5) is -1.53. The van der Waals surface area contributed by atoms with E-state index in [9.17, 15) is 51.2 Å². The lowest BCUT2D eigenvalue weighted by atomic mass is 10.3. The summed E-state index contributed by atoms with van der Waals surface area (Å²) < 4.78 is 147. The van der Waals surface area contributed by atoms with Crippen LogP contribution in [0, 0.1) is 0 Å². The SMILES string of the molecule is Nc1ccc([N+](S(=O)(=O)O)(S(=O)(=O)O)S(=O)(=O)S(=O)(=O)O)cc1S(=O)(=O)O. The first-order valence-corrected chi connectivity index (χ1v) is 13.2. The van der Waals surface area contributed by atoms with Crippen LogP contribution in [0.3, 0.4) is 0 Å².